The van der Waals surface area contributed by atoms with Crippen molar-refractivity contribution in [3.05, 3.63) is 54.2 Å². The van der Waals surface area contributed by atoms with Crippen molar-refractivity contribution in [3.63, 3.8) is 0 Å². The van der Waals surface area contributed by atoms with Gasteiger partial charge < -0.3 is 40.3 Å². The van der Waals surface area contributed by atoms with Crippen LogP contribution >= 0.6 is 0 Å². The van der Waals surface area contributed by atoms with Gasteiger partial charge in [-0.15, -0.1) is 0 Å². The van der Waals surface area contributed by atoms with Crippen LogP contribution in [0.1, 0.15) is 56.3 Å². The largest absolute Gasteiger partial charge is 0.495 e. The van der Waals surface area contributed by atoms with E-state index in [1.165, 1.54) is 37.4 Å². The highest BCUT2D eigenvalue weighted by Gasteiger charge is 2.56. The smallest absolute Gasteiger partial charge is 0.342 e. The quantitative estimate of drug-likeness (QED) is 0.193. The van der Waals surface area contributed by atoms with Crippen LogP contribution in [0, 0.1) is 17.8 Å². The minimum atomic E-state index is -3.59. The van der Waals surface area contributed by atoms with Gasteiger partial charge in [0.15, 0.2) is 5.82 Å². The molecule has 4 atom stereocenters. The number of nitrogens with one attached hydrogen (secondary N) is 4. The van der Waals surface area contributed by atoms with Gasteiger partial charge in [-0.2, -0.15) is 13.8 Å². The number of fused-ring (bicyclic) bond motifs is 2. The second-order valence-electron chi connectivity index (χ2n) is 16.7. The molecule has 0 bridgehead atoms. The highest BCUT2D eigenvalue weighted by molar-refractivity contribution is 6.02. The average molecular weight is 815 g/mol. The summed E-state index contributed by atoms with van der Waals surface area (Å²) in [4.78, 5) is 65.5. The normalized spacial score (nSPS) is 24.3. The highest BCUT2D eigenvalue weighted by atomic mass is 19.3. The van der Waals surface area contributed by atoms with Gasteiger partial charge in [0, 0.05) is 68.7 Å². The second-order valence-corrected chi connectivity index (χ2v) is 16.7. The number of carbonyl (C=O) groups excluding carboxylic acids is 4. The molecule has 1 saturated carbocycles. The first-order valence-electron chi connectivity index (χ1n) is 20.5. The van der Waals surface area contributed by atoms with E-state index < -0.39 is 24.4 Å². The number of carbonyl (C=O) groups is 4. The molecule has 1 aliphatic carbocycles. The fourth-order valence-electron chi connectivity index (χ4n) is 8.96. The molecule has 0 radical (unpaired) electrons. The standard InChI is InChI=1S/C42H52F2N10O5/c1-24(2)54-23-42(43,44)40(58)51(3)33-20-45-41(50-37(33)54)47-31-10-5-26(19-34(31)59-4)38(56)49-36-29-21-52(22-30(29)36)16-13-25-14-17-53(18-15-25)28-8-6-27(7-9-28)46-32-11-12-35(55)48-39(32)57/h5-10,19-20,24-25,29-30,32,36,46H,11-18,21-23H2,1-4H3,(H,49,56)(H,45,47,50)(H,48,55,57)/t29-,30+,32?,36?. The van der Waals surface area contributed by atoms with Gasteiger partial charge in [0.25, 0.3) is 11.8 Å². The summed E-state index contributed by atoms with van der Waals surface area (Å²) >= 11 is 0. The summed E-state index contributed by atoms with van der Waals surface area (Å²) in [7, 11) is 2.79. The number of alkyl halides is 2. The summed E-state index contributed by atoms with van der Waals surface area (Å²) in [5.41, 5.74) is 3.17. The molecule has 2 aromatic carbocycles. The molecule has 2 unspecified atom stereocenters. The molecule has 4 aliphatic heterocycles. The number of aromatic nitrogens is 2. The van der Waals surface area contributed by atoms with Gasteiger partial charge in [0.05, 0.1) is 25.5 Å². The van der Waals surface area contributed by atoms with Crippen LogP contribution in [-0.4, -0.2) is 116 Å². The summed E-state index contributed by atoms with van der Waals surface area (Å²) in [6, 6.07) is 12.6. The Balaban J connectivity index is 0.781. The Morgan fingerprint density at radius 2 is 1.76 bits per heavy atom. The Morgan fingerprint density at radius 3 is 2.44 bits per heavy atom. The zero-order valence-electron chi connectivity index (χ0n) is 33.8. The Morgan fingerprint density at radius 1 is 1.03 bits per heavy atom. The van der Waals surface area contributed by atoms with Gasteiger partial charge in [-0.25, -0.2) is 4.98 Å². The number of nitrogens with zero attached hydrogens (tertiary/aromatic N) is 6. The maximum absolute atomic E-state index is 14.7. The van der Waals surface area contributed by atoms with E-state index in [1.807, 2.05) is 12.1 Å². The molecule has 5 heterocycles. The SMILES string of the molecule is COc1cc(C(=O)NC2[C@H]3CN(CCC4CCN(c5ccc(NC6CCC(=O)NC6=O)cc5)CC4)C[C@@H]23)ccc1Nc1ncc2c(n1)N(C(C)C)CC(F)(F)C(=O)N2C. The van der Waals surface area contributed by atoms with E-state index in [0.717, 1.165) is 56.2 Å². The number of halogens is 2. The summed E-state index contributed by atoms with van der Waals surface area (Å²) in [6.45, 7) is 7.76. The minimum Gasteiger partial charge on any atom is -0.495 e. The monoisotopic (exact) mass is 814 g/mol. The van der Waals surface area contributed by atoms with Gasteiger partial charge in [-0.3, -0.25) is 24.5 Å². The average Bonchev–Trinajstić information content (AvgIpc) is 3.67. The van der Waals surface area contributed by atoms with Crippen LogP contribution in [-0.2, 0) is 14.4 Å². The molecule has 8 rings (SSSR count). The third-order valence-electron chi connectivity index (χ3n) is 12.6. The first-order valence-corrected chi connectivity index (χ1v) is 20.5. The van der Waals surface area contributed by atoms with Gasteiger partial charge in [0.1, 0.15) is 17.5 Å². The van der Waals surface area contributed by atoms with Crippen LogP contribution in [0.25, 0.3) is 0 Å². The first kappa shape index (κ1) is 40.2. The summed E-state index contributed by atoms with van der Waals surface area (Å²) < 4.78 is 35.1. The predicted molar refractivity (Wildman–Crippen MR) is 220 cm³/mol. The van der Waals surface area contributed by atoms with Gasteiger partial charge in [0.2, 0.25) is 17.8 Å². The topological polar surface area (TPSA) is 164 Å². The molecular weight excluding hydrogens is 763 g/mol. The number of ether oxygens (including phenoxy) is 1. The maximum atomic E-state index is 14.7. The molecule has 0 spiro atoms. The lowest BCUT2D eigenvalue weighted by molar-refractivity contribution is -0.140. The molecule has 1 aromatic heterocycles. The van der Waals surface area contributed by atoms with E-state index in [-0.39, 0.29) is 47.3 Å². The second kappa shape index (κ2) is 16.2. The summed E-state index contributed by atoms with van der Waals surface area (Å²) in [5, 5.41) is 12.0. The highest BCUT2D eigenvalue weighted by Crippen LogP contribution is 2.46. The van der Waals surface area contributed by atoms with Crippen molar-refractivity contribution >= 4 is 58.1 Å². The molecule has 15 nitrogen and oxygen atoms in total. The predicted octanol–water partition coefficient (Wildman–Crippen LogP) is 4.24. The Hall–Kier alpha value is -5.58. The fourth-order valence-corrected chi connectivity index (χ4v) is 8.96. The van der Waals surface area contributed by atoms with Crippen molar-refractivity contribution < 1.29 is 32.7 Å². The lowest BCUT2D eigenvalue weighted by Gasteiger charge is -2.34. The fraction of sp³-hybridized carbons (Fsp3) is 0.524. The van der Waals surface area contributed by atoms with Crippen molar-refractivity contribution in [1.82, 2.24) is 25.5 Å². The first-order chi connectivity index (χ1) is 28.3. The Bertz CT molecular complexity index is 2080. The van der Waals surface area contributed by atoms with Crippen LogP contribution in [0.3, 0.4) is 0 Å². The Kier molecular flexibility index (Phi) is 11.1. The van der Waals surface area contributed by atoms with E-state index in [9.17, 15) is 28.0 Å². The van der Waals surface area contributed by atoms with E-state index in [2.05, 4.69) is 53.2 Å². The van der Waals surface area contributed by atoms with E-state index in [0.29, 0.717) is 47.6 Å². The van der Waals surface area contributed by atoms with Crippen molar-refractivity contribution in [3.8, 4) is 5.75 Å². The van der Waals surface area contributed by atoms with Crippen molar-refractivity contribution in [2.75, 3.05) is 78.8 Å². The van der Waals surface area contributed by atoms with Crippen LogP contribution in [0.4, 0.5) is 43.3 Å². The lowest BCUT2D eigenvalue weighted by atomic mass is 9.93. The molecule has 4 fully saturated rings. The third kappa shape index (κ3) is 8.47. The lowest BCUT2D eigenvalue weighted by Crippen LogP contribution is -2.47. The maximum Gasteiger partial charge on any atom is 0.342 e. The molecule has 4 amide bonds. The molecule has 3 aromatic rings. The van der Waals surface area contributed by atoms with Gasteiger partial charge in [-0.1, -0.05) is 0 Å². The van der Waals surface area contributed by atoms with Crippen LogP contribution in [0.5, 0.6) is 5.75 Å². The zero-order chi connectivity index (χ0) is 41.6. The molecule has 3 saturated heterocycles. The van der Waals surface area contributed by atoms with Gasteiger partial charge in [-0.05, 0) is 106 Å². The molecule has 4 N–H and O–H groups in total. The number of anilines is 6. The van der Waals surface area contributed by atoms with E-state index in [1.54, 1.807) is 32.0 Å². The van der Waals surface area contributed by atoms with Crippen LogP contribution < -0.4 is 40.7 Å². The van der Waals surface area contributed by atoms with Crippen LogP contribution in [0.15, 0.2) is 48.7 Å². The molecular formula is C42H52F2N10O5. The number of rotatable bonds is 12. The minimum absolute atomic E-state index is 0.127. The number of hydrogen-bond donors (Lipinski definition) is 4. The molecule has 314 valence electrons. The molecule has 5 aliphatic rings. The molecule has 59 heavy (non-hydrogen) atoms. The third-order valence-corrected chi connectivity index (χ3v) is 12.6. The number of benzene rings is 2. The number of imide groups is 1. The number of likely N-dealkylation sites (tertiary alicyclic amines) is 1. The van der Waals surface area contributed by atoms with Crippen LogP contribution in [0.2, 0.25) is 0 Å². The number of piperidine rings is 3. The number of amides is 4. The summed E-state index contributed by atoms with van der Waals surface area (Å²) in [6.07, 6.45) is 5.65. The number of hydrogen-bond acceptors (Lipinski definition) is 12. The van der Waals surface area contributed by atoms with Crippen molar-refractivity contribution in [2.45, 2.75) is 70.0 Å². The van der Waals surface area contributed by atoms with Crippen molar-refractivity contribution in [2.24, 2.45) is 17.8 Å². The van der Waals surface area contributed by atoms with Gasteiger partial charge >= 0.3 is 5.92 Å². The zero-order valence-corrected chi connectivity index (χ0v) is 33.8. The van der Waals surface area contributed by atoms with Crippen molar-refractivity contribution in [1.29, 1.82) is 0 Å². The Labute approximate surface area is 342 Å². The summed E-state index contributed by atoms with van der Waals surface area (Å²) in [5.74, 6) is -3.27. The molecule has 17 heteroatoms. The van der Waals surface area contributed by atoms with E-state index in [4.69, 9.17) is 4.74 Å². The van der Waals surface area contributed by atoms with E-state index >= 15 is 0 Å². The number of methoxy groups -OCH3 is 1.